The fraction of sp³-hybridized carbons (Fsp3) is 0.750. The third-order valence-corrected chi connectivity index (χ3v) is 6.57. The summed E-state index contributed by atoms with van der Waals surface area (Å²) in [6.07, 6.45) is 5.99. The summed E-state index contributed by atoms with van der Waals surface area (Å²) in [6.45, 7) is 9.12. The van der Waals surface area contributed by atoms with Crippen LogP contribution < -0.4 is 0 Å². The Kier molecular flexibility index (Phi) is 3.39. The van der Waals surface area contributed by atoms with Crippen molar-refractivity contribution in [1.82, 2.24) is 9.55 Å². The molecule has 5 heteroatoms. The van der Waals surface area contributed by atoms with Crippen LogP contribution in [0.2, 0.25) is 0 Å². The Morgan fingerprint density at radius 3 is 2.81 bits per heavy atom. The fourth-order valence-electron chi connectivity index (χ4n) is 4.88. The molecule has 1 aromatic heterocycles. The third-order valence-electron chi connectivity index (χ3n) is 5.62. The average Bonchev–Trinajstić information content (AvgIpc) is 2.96. The van der Waals surface area contributed by atoms with Gasteiger partial charge in [0, 0.05) is 12.2 Å². The molecule has 2 fully saturated rings. The summed E-state index contributed by atoms with van der Waals surface area (Å²) in [5.74, 6) is 0.0576. The van der Waals surface area contributed by atoms with Crippen LogP contribution in [-0.2, 0) is 4.79 Å². The van der Waals surface area contributed by atoms with E-state index in [4.69, 9.17) is 5.11 Å². The van der Waals surface area contributed by atoms with E-state index >= 15 is 0 Å². The minimum atomic E-state index is -0.786. The Bertz CT molecular complexity index is 576. The molecular formula is C16H24N2O2S. The summed E-state index contributed by atoms with van der Waals surface area (Å²) in [5, 5.41) is 9.80. The summed E-state index contributed by atoms with van der Waals surface area (Å²) in [5.41, 5.74) is 1.54. The first-order valence-electron chi connectivity index (χ1n) is 7.64. The summed E-state index contributed by atoms with van der Waals surface area (Å²) >= 11 is 1.34. The summed E-state index contributed by atoms with van der Waals surface area (Å²) in [4.78, 5) is 15.4. The van der Waals surface area contributed by atoms with Gasteiger partial charge < -0.3 is 9.67 Å². The van der Waals surface area contributed by atoms with Gasteiger partial charge in [0.2, 0.25) is 0 Å². The molecule has 1 N–H and O–H groups in total. The maximum absolute atomic E-state index is 10.9. The molecule has 3 atom stereocenters. The number of hydrogen-bond donors (Lipinski definition) is 1. The van der Waals surface area contributed by atoms with E-state index < -0.39 is 5.97 Å². The van der Waals surface area contributed by atoms with Crippen LogP contribution in [-0.4, -0.2) is 26.4 Å². The lowest BCUT2D eigenvalue weighted by Crippen LogP contribution is -2.37. The molecule has 3 unspecified atom stereocenters. The maximum Gasteiger partial charge on any atom is 0.313 e. The molecule has 0 radical (unpaired) electrons. The van der Waals surface area contributed by atoms with Crippen molar-refractivity contribution in [3.05, 3.63) is 11.9 Å². The van der Waals surface area contributed by atoms with Crippen molar-refractivity contribution in [3.63, 3.8) is 0 Å². The highest BCUT2D eigenvalue weighted by Crippen LogP contribution is 2.68. The smallest absolute Gasteiger partial charge is 0.313 e. The standard InChI is InChI=1S/C16H24N2O2S/c1-10-8-18(14(17-10)21-9-12(19)20)13-15(2,3)11-5-6-16(13,4)7-11/h8,11,13H,5-7,9H2,1-4H3,(H,19,20). The number of carbonyl (C=O) groups is 1. The van der Waals surface area contributed by atoms with Gasteiger partial charge in [0.1, 0.15) is 0 Å². The minimum Gasteiger partial charge on any atom is -0.481 e. The molecule has 3 rings (SSSR count). The van der Waals surface area contributed by atoms with Crippen LogP contribution in [0.3, 0.4) is 0 Å². The Morgan fingerprint density at radius 1 is 1.52 bits per heavy atom. The van der Waals surface area contributed by atoms with Crippen LogP contribution in [0.4, 0.5) is 0 Å². The Morgan fingerprint density at radius 2 is 2.24 bits per heavy atom. The quantitative estimate of drug-likeness (QED) is 0.861. The number of aryl methyl sites for hydroxylation is 1. The number of thioether (sulfide) groups is 1. The lowest BCUT2D eigenvalue weighted by molar-refractivity contribution is -0.133. The second kappa shape index (κ2) is 4.77. The van der Waals surface area contributed by atoms with Crippen molar-refractivity contribution in [3.8, 4) is 0 Å². The van der Waals surface area contributed by atoms with E-state index in [-0.39, 0.29) is 11.2 Å². The number of hydrogen-bond acceptors (Lipinski definition) is 3. The van der Waals surface area contributed by atoms with Crippen LogP contribution in [0.1, 0.15) is 51.8 Å². The fourth-order valence-corrected chi connectivity index (χ4v) is 5.65. The molecule has 116 valence electrons. The van der Waals surface area contributed by atoms with Crippen molar-refractivity contribution < 1.29 is 9.90 Å². The van der Waals surface area contributed by atoms with E-state index in [1.807, 2.05) is 6.92 Å². The molecule has 2 bridgehead atoms. The zero-order valence-electron chi connectivity index (χ0n) is 13.2. The topological polar surface area (TPSA) is 55.1 Å². The number of fused-ring (bicyclic) bond motifs is 2. The summed E-state index contributed by atoms with van der Waals surface area (Å²) in [6, 6.07) is 0.418. The van der Waals surface area contributed by atoms with Gasteiger partial charge in [-0.15, -0.1) is 0 Å². The zero-order chi connectivity index (χ0) is 15.4. The second-order valence-electron chi connectivity index (χ2n) is 7.57. The van der Waals surface area contributed by atoms with E-state index in [1.165, 1.54) is 31.0 Å². The average molecular weight is 308 g/mol. The lowest BCUT2D eigenvalue weighted by atomic mass is 9.68. The van der Waals surface area contributed by atoms with Crippen LogP contribution in [0.25, 0.3) is 0 Å². The molecule has 2 aliphatic carbocycles. The van der Waals surface area contributed by atoms with Crippen LogP contribution >= 0.6 is 11.8 Å². The van der Waals surface area contributed by atoms with Crippen molar-refractivity contribution >= 4 is 17.7 Å². The van der Waals surface area contributed by atoms with Gasteiger partial charge in [-0.1, -0.05) is 32.5 Å². The highest BCUT2D eigenvalue weighted by molar-refractivity contribution is 7.99. The van der Waals surface area contributed by atoms with Crippen molar-refractivity contribution in [2.45, 2.75) is 58.2 Å². The summed E-state index contributed by atoms with van der Waals surface area (Å²) < 4.78 is 2.28. The molecule has 0 spiro atoms. The maximum atomic E-state index is 10.9. The van der Waals surface area contributed by atoms with Gasteiger partial charge in [0.15, 0.2) is 5.16 Å². The number of nitrogens with zero attached hydrogens (tertiary/aromatic N) is 2. The van der Waals surface area contributed by atoms with Gasteiger partial charge in [-0.05, 0) is 42.9 Å². The van der Waals surface area contributed by atoms with Gasteiger partial charge in [-0.25, -0.2) is 4.98 Å². The molecule has 21 heavy (non-hydrogen) atoms. The molecule has 4 nitrogen and oxygen atoms in total. The normalized spacial score (nSPS) is 33.5. The van der Waals surface area contributed by atoms with Crippen LogP contribution in [0, 0.1) is 23.7 Å². The first-order chi connectivity index (χ1) is 9.74. The predicted octanol–water partition coefficient (Wildman–Crippen LogP) is 3.76. The number of carboxylic acid groups (broad SMARTS) is 1. The van der Waals surface area contributed by atoms with E-state index in [0.29, 0.717) is 11.5 Å². The highest BCUT2D eigenvalue weighted by atomic mass is 32.2. The number of carboxylic acids is 1. The first-order valence-corrected chi connectivity index (χ1v) is 8.63. The molecule has 2 aliphatic rings. The molecular weight excluding hydrogens is 284 g/mol. The zero-order valence-corrected chi connectivity index (χ0v) is 14.0. The Balaban J connectivity index is 1.98. The van der Waals surface area contributed by atoms with Gasteiger partial charge in [0.25, 0.3) is 0 Å². The number of aromatic nitrogens is 2. The van der Waals surface area contributed by atoms with Crippen molar-refractivity contribution in [2.24, 2.45) is 16.7 Å². The van der Waals surface area contributed by atoms with Crippen molar-refractivity contribution in [1.29, 1.82) is 0 Å². The molecule has 0 aliphatic heterocycles. The largest absolute Gasteiger partial charge is 0.481 e. The van der Waals surface area contributed by atoms with E-state index in [1.54, 1.807) is 0 Å². The molecule has 0 aromatic carbocycles. The van der Waals surface area contributed by atoms with Gasteiger partial charge in [-0.3, -0.25) is 4.79 Å². The van der Waals surface area contributed by atoms with E-state index in [9.17, 15) is 4.79 Å². The number of imidazole rings is 1. The second-order valence-corrected chi connectivity index (χ2v) is 8.51. The predicted molar refractivity (Wildman–Crippen MR) is 83.6 cm³/mol. The molecule has 2 saturated carbocycles. The molecule has 1 heterocycles. The molecule has 1 aromatic rings. The highest BCUT2D eigenvalue weighted by Gasteiger charge is 2.60. The van der Waals surface area contributed by atoms with Gasteiger partial charge >= 0.3 is 5.97 Å². The first kappa shape index (κ1) is 14.9. The monoisotopic (exact) mass is 308 g/mol. The van der Waals surface area contributed by atoms with Crippen LogP contribution in [0.5, 0.6) is 0 Å². The van der Waals surface area contributed by atoms with E-state index in [0.717, 1.165) is 16.8 Å². The molecule has 0 amide bonds. The molecule has 0 saturated heterocycles. The van der Waals surface area contributed by atoms with Gasteiger partial charge in [0.05, 0.1) is 11.4 Å². The number of aliphatic carboxylic acids is 1. The Hall–Kier alpha value is -0.970. The minimum absolute atomic E-state index is 0.0732. The van der Waals surface area contributed by atoms with Crippen LogP contribution in [0.15, 0.2) is 11.4 Å². The Labute approximate surface area is 130 Å². The number of rotatable bonds is 4. The van der Waals surface area contributed by atoms with Gasteiger partial charge in [-0.2, -0.15) is 0 Å². The summed E-state index contributed by atoms with van der Waals surface area (Å²) in [7, 11) is 0. The SMILES string of the molecule is Cc1cn(C2C3(C)CCC(C3)C2(C)C)c(SCC(=O)O)n1. The van der Waals surface area contributed by atoms with Crippen molar-refractivity contribution in [2.75, 3.05) is 5.75 Å². The lowest BCUT2D eigenvalue weighted by Gasteiger charge is -2.44. The van der Waals surface area contributed by atoms with E-state index in [2.05, 4.69) is 36.5 Å². The third kappa shape index (κ3) is 2.30.